The summed E-state index contributed by atoms with van der Waals surface area (Å²) in [5.41, 5.74) is 2.19. The Bertz CT molecular complexity index is 959. The molecule has 2 N–H and O–H groups in total. The maximum absolute atomic E-state index is 12.7. The molecule has 0 unspecified atom stereocenters. The van der Waals surface area contributed by atoms with Crippen LogP contribution in [0.1, 0.15) is 40.5 Å². The van der Waals surface area contributed by atoms with E-state index in [1.807, 2.05) is 12.1 Å². The molecule has 37 heavy (non-hydrogen) atoms. The van der Waals surface area contributed by atoms with Crippen LogP contribution in [0.25, 0.3) is 0 Å². The van der Waals surface area contributed by atoms with Crippen LogP contribution in [-0.2, 0) is 9.53 Å². The first-order valence-corrected chi connectivity index (χ1v) is 13.7. The van der Waals surface area contributed by atoms with Gasteiger partial charge in [0.15, 0.2) is 11.6 Å². The Morgan fingerprint density at radius 1 is 0.946 bits per heavy atom. The van der Waals surface area contributed by atoms with E-state index in [9.17, 15) is 4.79 Å². The Labute approximate surface area is 221 Å². The molecule has 2 aliphatic rings. The van der Waals surface area contributed by atoms with Gasteiger partial charge in [-0.25, -0.2) is 0 Å². The number of ether oxygens (including phenoxy) is 1. The molecule has 1 aromatic carbocycles. The minimum atomic E-state index is 0.0668. The van der Waals surface area contributed by atoms with Gasteiger partial charge in [-0.3, -0.25) is 9.69 Å². The van der Waals surface area contributed by atoms with Crippen LogP contribution in [-0.4, -0.2) is 85.6 Å². The van der Waals surface area contributed by atoms with E-state index in [1.54, 1.807) is 0 Å². The lowest BCUT2D eigenvalue weighted by molar-refractivity contribution is -0.125. The van der Waals surface area contributed by atoms with Crippen molar-refractivity contribution in [2.45, 2.75) is 52.6 Å². The smallest absolute Gasteiger partial charge is 0.223 e. The third kappa shape index (κ3) is 7.55. The number of aromatic nitrogens is 2. The molecule has 9 nitrogen and oxygen atoms in total. The minimum Gasteiger partial charge on any atom is -0.378 e. The summed E-state index contributed by atoms with van der Waals surface area (Å²) in [6, 6.07) is 13.3. The van der Waals surface area contributed by atoms with E-state index in [0.29, 0.717) is 24.4 Å². The Kier molecular flexibility index (Phi) is 9.57. The zero-order valence-electron chi connectivity index (χ0n) is 22.8. The third-order valence-electron chi connectivity index (χ3n) is 7.35. The van der Waals surface area contributed by atoms with Gasteiger partial charge in [0.05, 0.1) is 13.2 Å². The largest absolute Gasteiger partial charge is 0.378 e. The number of benzene rings is 1. The number of hydrogen-bond acceptors (Lipinski definition) is 8. The molecule has 0 saturated carbocycles. The van der Waals surface area contributed by atoms with Gasteiger partial charge in [0, 0.05) is 68.6 Å². The van der Waals surface area contributed by atoms with Gasteiger partial charge in [-0.2, -0.15) is 0 Å². The monoisotopic (exact) mass is 509 g/mol. The summed E-state index contributed by atoms with van der Waals surface area (Å²) in [5, 5.41) is 15.3. The second kappa shape index (κ2) is 13.1. The molecule has 1 aromatic heterocycles. The van der Waals surface area contributed by atoms with Crippen molar-refractivity contribution in [1.82, 2.24) is 20.4 Å². The molecule has 2 aliphatic heterocycles. The fourth-order valence-corrected chi connectivity index (χ4v) is 5.22. The van der Waals surface area contributed by atoms with Gasteiger partial charge < -0.3 is 25.2 Å². The van der Waals surface area contributed by atoms with Crippen molar-refractivity contribution < 1.29 is 9.53 Å². The normalized spacial score (nSPS) is 17.1. The minimum absolute atomic E-state index is 0.0668. The molecular formula is C28H43N7O2. The van der Waals surface area contributed by atoms with Crippen LogP contribution in [0.5, 0.6) is 0 Å². The first-order valence-electron chi connectivity index (χ1n) is 13.7. The zero-order valence-corrected chi connectivity index (χ0v) is 22.8. The van der Waals surface area contributed by atoms with E-state index >= 15 is 0 Å². The fraction of sp³-hybridized carbons (Fsp3) is 0.607. The van der Waals surface area contributed by atoms with Gasteiger partial charge >= 0.3 is 0 Å². The van der Waals surface area contributed by atoms with E-state index in [1.165, 1.54) is 5.69 Å². The predicted octanol–water partition coefficient (Wildman–Crippen LogP) is 3.51. The van der Waals surface area contributed by atoms with Crippen molar-refractivity contribution >= 4 is 28.9 Å². The molecule has 3 heterocycles. The summed E-state index contributed by atoms with van der Waals surface area (Å²) < 4.78 is 5.44. The van der Waals surface area contributed by atoms with E-state index in [2.05, 4.69) is 87.5 Å². The molecular weight excluding hydrogens is 466 g/mol. The number of anilines is 4. The lowest BCUT2D eigenvalue weighted by Crippen LogP contribution is -2.45. The van der Waals surface area contributed by atoms with Crippen LogP contribution >= 0.6 is 0 Å². The number of carbonyl (C=O) groups is 1. The number of amides is 1. The molecule has 0 bridgehead atoms. The van der Waals surface area contributed by atoms with Crippen LogP contribution in [0.15, 0.2) is 36.4 Å². The Morgan fingerprint density at radius 3 is 2.22 bits per heavy atom. The number of nitrogens with zero attached hydrogens (tertiary/aromatic N) is 5. The number of morpholine rings is 1. The van der Waals surface area contributed by atoms with E-state index in [0.717, 1.165) is 70.3 Å². The number of nitrogens with one attached hydrogen (secondary N) is 2. The number of hydrogen-bond donors (Lipinski definition) is 2. The van der Waals surface area contributed by atoms with Gasteiger partial charge in [-0.1, -0.05) is 0 Å². The summed E-state index contributed by atoms with van der Waals surface area (Å²) in [5.74, 6) is 1.82. The highest BCUT2D eigenvalue weighted by molar-refractivity contribution is 5.79. The Hall–Kier alpha value is -2.91. The summed E-state index contributed by atoms with van der Waals surface area (Å²) >= 11 is 0. The standard InChI is InChI=1S/C28H43N7O2/c1-21(2)35(22(3)4)16-13-29-28(36)23-11-14-34(15-12-23)27-10-9-26(31-32-27)30-24-5-7-25(8-6-24)33-17-19-37-20-18-33/h5-10,21-23H,11-20H2,1-4H3,(H,29,36)(H,30,31). The second-order valence-corrected chi connectivity index (χ2v) is 10.5. The Morgan fingerprint density at radius 2 is 1.62 bits per heavy atom. The van der Waals surface area contributed by atoms with Crippen LogP contribution in [0.2, 0.25) is 0 Å². The van der Waals surface area contributed by atoms with E-state index < -0.39 is 0 Å². The average molecular weight is 510 g/mol. The Balaban J connectivity index is 1.21. The lowest BCUT2D eigenvalue weighted by Gasteiger charge is -2.33. The van der Waals surface area contributed by atoms with Gasteiger partial charge in [0.1, 0.15) is 0 Å². The lowest BCUT2D eigenvalue weighted by atomic mass is 9.96. The van der Waals surface area contributed by atoms with E-state index in [4.69, 9.17) is 4.74 Å². The number of rotatable bonds is 10. The topological polar surface area (TPSA) is 85.9 Å². The maximum atomic E-state index is 12.7. The van der Waals surface area contributed by atoms with Crippen LogP contribution in [0.3, 0.4) is 0 Å². The molecule has 2 aromatic rings. The molecule has 1 amide bonds. The van der Waals surface area contributed by atoms with Crippen molar-refractivity contribution in [3.63, 3.8) is 0 Å². The van der Waals surface area contributed by atoms with E-state index in [-0.39, 0.29) is 11.8 Å². The number of piperidine rings is 1. The third-order valence-corrected chi connectivity index (χ3v) is 7.35. The van der Waals surface area contributed by atoms with Gasteiger partial charge in [-0.15, -0.1) is 10.2 Å². The quantitative estimate of drug-likeness (QED) is 0.503. The fourth-order valence-electron chi connectivity index (χ4n) is 5.22. The molecule has 4 rings (SSSR count). The van der Waals surface area contributed by atoms with Crippen LogP contribution < -0.4 is 20.4 Å². The zero-order chi connectivity index (χ0) is 26.2. The summed E-state index contributed by atoms with van der Waals surface area (Å²) in [6.45, 7) is 15.4. The SMILES string of the molecule is CC(C)N(CCNC(=O)C1CCN(c2ccc(Nc3ccc(N4CCOCC4)cc3)nn2)CC1)C(C)C. The molecule has 2 fully saturated rings. The number of carbonyl (C=O) groups excluding carboxylic acids is 1. The molecule has 0 spiro atoms. The van der Waals surface area contributed by atoms with Crippen molar-refractivity contribution in [1.29, 1.82) is 0 Å². The van der Waals surface area contributed by atoms with Crippen LogP contribution in [0, 0.1) is 5.92 Å². The average Bonchev–Trinajstić information content (AvgIpc) is 2.92. The highest BCUT2D eigenvalue weighted by Crippen LogP contribution is 2.24. The first kappa shape index (κ1) is 27.1. The molecule has 0 radical (unpaired) electrons. The van der Waals surface area contributed by atoms with Crippen LogP contribution in [0.4, 0.5) is 23.0 Å². The second-order valence-electron chi connectivity index (χ2n) is 10.5. The highest BCUT2D eigenvalue weighted by atomic mass is 16.5. The van der Waals surface area contributed by atoms with Crippen molar-refractivity contribution in [3.05, 3.63) is 36.4 Å². The summed E-state index contributed by atoms with van der Waals surface area (Å²) in [7, 11) is 0. The highest BCUT2D eigenvalue weighted by Gasteiger charge is 2.26. The van der Waals surface area contributed by atoms with Crippen molar-refractivity contribution in [2.24, 2.45) is 5.92 Å². The van der Waals surface area contributed by atoms with Gasteiger partial charge in [0.25, 0.3) is 0 Å². The maximum Gasteiger partial charge on any atom is 0.223 e. The van der Waals surface area contributed by atoms with Crippen molar-refractivity contribution in [2.75, 3.05) is 67.6 Å². The first-order chi connectivity index (χ1) is 17.9. The van der Waals surface area contributed by atoms with Gasteiger partial charge in [-0.05, 0) is 76.9 Å². The van der Waals surface area contributed by atoms with Crippen molar-refractivity contribution in [3.8, 4) is 0 Å². The van der Waals surface area contributed by atoms with Gasteiger partial charge in [0.2, 0.25) is 5.91 Å². The molecule has 0 aliphatic carbocycles. The predicted molar refractivity (Wildman–Crippen MR) is 150 cm³/mol. The molecule has 2 saturated heterocycles. The summed E-state index contributed by atoms with van der Waals surface area (Å²) in [6.07, 6.45) is 1.67. The summed E-state index contributed by atoms with van der Waals surface area (Å²) in [4.78, 5) is 19.7. The molecule has 202 valence electrons. The molecule has 0 atom stereocenters. The molecule has 9 heteroatoms.